The molecule has 1 N–H and O–H groups in total. The van der Waals surface area contributed by atoms with Crippen molar-refractivity contribution in [3.63, 3.8) is 0 Å². The summed E-state index contributed by atoms with van der Waals surface area (Å²) in [7, 11) is 0. The molecule has 3 aromatic rings. The third-order valence-electron chi connectivity index (χ3n) is 6.34. The average molecular weight is 436 g/mol. The van der Waals surface area contributed by atoms with E-state index in [0.717, 1.165) is 48.4 Å². The van der Waals surface area contributed by atoms with Crippen molar-refractivity contribution in [1.82, 2.24) is 25.2 Å². The molecule has 0 radical (unpaired) electrons. The van der Waals surface area contributed by atoms with Gasteiger partial charge >= 0.3 is 0 Å². The summed E-state index contributed by atoms with van der Waals surface area (Å²) in [6.07, 6.45) is 2.72. The molecule has 0 bridgehead atoms. The second-order valence-electron chi connectivity index (χ2n) is 8.36. The molecule has 1 unspecified atom stereocenters. The zero-order valence-corrected chi connectivity index (χ0v) is 18.4. The van der Waals surface area contributed by atoms with Gasteiger partial charge in [0.2, 0.25) is 0 Å². The van der Waals surface area contributed by atoms with Crippen LogP contribution >= 0.6 is 0 Å². The van der Waals surface area contributed by atoms with E-state index in [0.29, 0.717) is 38.5 Å². The van der Waals surface area contributed by atoms with E-state index in [9.17, 15) is 4.79 Å². The van der Waals surface area contributed by atoms with Gasteiger partial charge in [0.05, 0.1) is 18.9 Å². The van der Waals surface area contributed by atoms with Crippen molar-refractivity contribution >= 4 is 5.91 Å². The molecule has 1 aliphatic carbocycles. The minimum Gasteiger partial charge on any atom is -0.378 e. The summed E-state index contributed by atoms with van der Waals surface area (Å²) >= 11 is 0. The number of amides is 1. The van der Waals surface area contributed by atoms with Gasteiger partial charge in [-0.3, -0.25) is 9.48 Å². The predicted octanol–water partition coefficient (Wildman–Crippen LogP) is 2.68. The lowest BCUT2D eigenvalue weighted by Gasteiger charge is -2.27. The summed E-state index contributed by atoms with van der Waals surface area (Å²) in [5, 5.41) is 12.5. The minimum atomic E-state index is 0.0291. The van der Waals surface area contributed by atoms with Crippen molar-refractivity contribution in [1.29, 1.82) is 0 Å². The van der Waals surface area contributed by atoms with E-state index in [2.05, 4.69) is 17.4 Å². The molecule has 0 spiro atoms. The molecule has 0 saturated carbocycles. The van der Waals surface area contributed by atoms with E-state index >= 15 is 0 Å². The summed E-state index contributed by atoms with van der Waals surface area (Å²) in [5.41, 5.74) is 4.81. The number of morpholine rings is 1. The Bertz CT molecular complexity index is 1070. The fraction of sp³-hybridized carbons (Fsp3) is 0.458. The zero-order valence-electron chi connectivity index (χ0n) is 18.4. The van der Waals surface area contributed by atoms with E-state index in [1.54, 1.807) is 0 Å². The van der Waals surface area contributed by atoms with Gasteiger partial charge in [0.25, 0.3) is 5.91 Å². The number of nitrogens with zero attached hydrogens (tertiary/aromatic N) is 4. The van der Waals surface area contributed by atoms with Crippen LogP contribution in [-0.2, 0) is 30.7 Å². The Balaban J connectivity index is 1.27. The number of rotatable bonds is 6. The molecule has 3 heterocycles. The molecule has 1 aromatic carbocycles. The highest BCUT2D eigenvalue weighted by molar-refractivity contribution is 5.94. The molecule has 168 valence electrons. The molecule has 8 heteroatoms. The lowest BCUT2D eigenvalue weighted by atomic mass is 9.91. The first kappa shape index (κ1) is 20.9. The van der Waals surface area contributed by atoms with Gasteiger partial charge in [-0.1, -0.05) is 35.5 Å². The summed E-state index contributed by atoms with van der Waals surface area (Å²) < 4.78 is 12.9. The van der Waals surface area contributed by atoms with Crippen molar-refractivity contribution in [3.05, 3.63) is 59.0 Å². The van der Waals surface area contributed by atoms with Crippen LogP contribution in [0.2, 0.25) is 0 Å². The monoisotopic (exact) mass is 435 g/mol. The van der Waals surface area contributed by atoms with Crippen LogP contribution in [0.5, 0.6) is 0 Å². The molecule has 1 atom stereocenters. The topological polar surface area (TPSA) is 85.4 Å². The lowest BCUT2D eigenvalue weighted by molar-refractivity contribution is 0.0297. The maximum Gasteiger partial charge on any atom is 0.274 e. The number of aryl methyl sites for hydroxylation is 1. The SMILES string of the molecule is CCn1nc(C(=O)N2CCOCC2)c2c1CCC(NCc1cc(-c3ccccc3)on1)C2. The smallest absolute Gasteiger partial charge is 0.274 e. The van der Waals surface area contributed by atoms with Crippen LogP contribution in [0, 0.1) is 0 Å². The Morgan fingerprint density at radius 1 is 1.22 bits per heavy atom. The molecule has 2 aliphatic rings. The van der Waals surface area contributed by atoms with Crippen molar-refractivity contribution < 1.29 is 14.1 Å². The van der Waals surface area contributed by atoms with Crippen molar-refractivity contribution in [3.8, 4) is 11.3 Å². The number of benzene rings is 1. The van der Waals surface area contributed by atoms with Crippen LogP contribution in [0.1, 0.15) is 40.8 Å². The molecule has 1 aliphatic heterocycles. The number of aromatic nitrogens is 3. The molecule has 1 amide bonds. The summed E-state index contributed by atoms with van der Waals surface area (Å²) in [6, 6.07) is 12.2. The minimum absolute atomic E-state index is 0.0291. The lowest BCUT2D eigenvalue weighted by Crippen LogP contribution is -2.41. The Labute approximate surface area is 187 Å². The second-order valence-corrected chi connectivity index (χ2v) is 8.36. The maximum absolute atomic E-state index is 13.2. The molecule has 1 saturated heterocycles. The van der Waals surface area contributed by atoms with Gasteiger partial charge in [0.1, 0.15) is 0 Å². The van der Waals surface area contributed by atoms with Crippen molar-refractivity contribution in [2.75, 3.05) is 26.3 Å². The number of ether oxygens (including phenoxy) is 1. The first-order valence-electron chi connectivity index (χ1n) is 11.4. The van der Waals surface area contributed by atoms with Crippen LogP contribution in [0.15, 0.2) is 40.9 Å². The second kappa shape index (κ2) is 9.26. The highest BCUT2D eigenvalue weighted by Gasteiger charge is 2.31. The van der Waals surface area contributed by atoms with Crippen molar-refractivity contribution in [2.45, 2.75) is 45.3 Å². The quantitative estimate of drug-likeness (QED) is 0.641. The molecule has 2 aromatic heterocycles. The van der Waals surface area contributed by atoms with Gasteiger partial charge < -0.3 is 19.5 Å². The average Bonchev–Trinajstić information content (AvgIpc) is 3.48. The molecule has 1 fully saturated rings. The predicted molar refractivity (Wildman–Crippen MR) is 119 cm³/mol. The van der Waals surface area contributed by atoms with Crippen LogP contribution in [-0.4, -0.2) is 58.1 Å². The molecule has 32 heavy (non-hydrogen) atoms. The number of hydrogen-bond acceptors (Lipinski definition) is 6. The highest BCUT2D eigenvalue weighted by Crippen LogP contribution is 2.27. The van der Waals surface area contributed by atoms with E-state index in [-0.39, 0.29) is 11.9 Å². The standard InChI is InChI=1S/C24H29N5O3/c1-2-29-21-9-8-18(14-20(21)23(26-29)24(30)28-10-12-31-13-11-28)25-16-19-15-22(32-27-19)17-6-4-3-5-7-17/h3-7,15,18,25H,2,8-14,16H2,1H3. The van der Waals surface area contributed by atoms with Crippen LogP contribution < -0.4 is 5.32 Å². The van der Waals surface area contributed by atoms with Gasteiger partial charge in [-0.2, -0.15) is 5.10 Å². The van der Waals surface area contributed by atoms with Gasteiger partial charge in [0, 0.05) is 55.1 Å². The highest BCUT2D eigenvalue weighted by atomic mass is 16.5. The van der Waals surface area contributed by atoms with Crippen LogP contribution in [0.3, 0.4) is 0 Å². The van der Waals surface area contributed by atoms with Gasteiger partial charge in [0.15, 0.2) is 11.5 Å². The number of fused-ring (bicyclic) bond motifs is 1. The summed E-state index contributed by atoms with van der Waals surface area (Å²) in [4.78, 5) is 15.0. The largest absolute Gasteiger partial charge is 0.378 e. The number of hydrogen-bond donors (Lipinski definition) is 1. The number of carbonyl (C=O) groups excluding carboxylic acids is 1. The van der Waals surface area contributed by atoms with E-state index in [1.807, 2.05) is 46.0 Å². The molecular weight excluding hydrogens is 406 g/mol. The third-order valence-corrected chi connectivity index (χ3v) is 6.34. The summed E-state index contributed by atoms with van der Waals surface area (Å²) in [5.74, 6) is 0.803. The first-order chi connectivity index (χ1) is 15.7. The normalized spacial score (nSPS) is 18.5. The molecule has 5 rings (SSSR count). The zero-order chi connectivity index (χ0) is 21.9. The Morgan fingerprint density at radius 3 is 2.81 bits per heavy atom. The Hall–Kier alpha value is -2.97. The maximum atomic E-state index is 13.2. The Morgan fingerprint density at radius 2 is 2.03 bits per heavy atom. The van der Waals surface area contributed by atoms with E-state index in [1.165, 1.54) is 5.69 Å². The number of nitrogens with one attached hydrogen (secondary N) is 1. The molecular formula is C24H29N5O3. The fourth-order valence-electron chi connectivity index (χ4n) is 4.59. The van der Waals surface area contributed by atoms with E-state index in [4.69, 9.17) is 14.4 Å². The van der Waals surface area contributed by atoms with Crippen molar-refractivity contribution in [2.24, 2.45) is 0 Å². The summed E-state index contributed by atoms with van der Waals surface area (Å²) in [6.45, 7) is 5.93. The van der Waals surface area contributed by atoms with Gasteiger partial charge in [-0.15, -0.1) is 0 Å². The number of carbonyl (C=O) groups is 1. The van der Waals surface area contributed by atoms with Gasteiger partial charge in [-0.25, -0.2) is 0 Å². The van der Waals surface area contributed by atoms with E-state index < -0.39 is 0 Å². The van der Waals surface area contributed by atoms with Gasteiger partial charge in [-0.05, 0) is 26.2 Å². The Kier molecular flexibility index (Phi) is 6.05. The third kappa shape index (κ3) is 4.20. The first-order valence-corrected chi connectivity index (χ1v) is 11.4. The van der Waals surface area contributed by atoms with Crippen LogP contribution in [0.4, 0.5) is 0 Å². The fourth-order valence-corrected chi connectivity index (χ4v) is 4.59. The molecule has 8 nitrogen and oxygen atoms in total. The van der Waals surface area contributed by atoms with Crippen LogP contribution in [0.25, 0.3) is 11.3 Å².